The van der Waals surface area contributed by atoms with Gasteiger partial charge in [-0.15, -0.1) is 0 Å². The minimum absolute atomic E-state index is 0.0123. The van der Waals surface area contributed by atoms with E-state index >= 15 is 0 Å². The van der Waals surface area contributed by atoms with E-state index in [2.05, 4.69) is 0 Å². The fourth-order valence-corrected chi connectivity index (χ4v) is 1.96. The number of Topliss-reactive ketones (excluding diaryl/α,β-unsaturated/α-hetero) is 1. The Hall–Kier alpha value is -1.39. The van der Waals surface area contributed by atoms with Gasteiger partial charge in [-0.1, -0.05) is 25.5 Å². The average Bonchev–Trinajstić information content (AvgIpc) is 2.47. The lowest BCUT2D eigenvalue weighted by Gasteiger charge is -2.17. The molecule has 1 aromatic rings. The molecule has 0 amide bonds. The van der Waals surface area contributed by atoms with Gasteiger partial charge in [0.05, 0.1) is 12.2 Å². The summed E-state index contributed by atoms with van der Waals surface area (Å²) in [6.07, 6.45) is 1.24. The highest BCUT2D eigenvalue weighted by molar-refractivity contribution is 6.01. The summed E-state index contributed by atoms with van der Waals surface area (Å²) in [6, 6.07) is 7.28. The molecule has 112 valence electrons. The van der Waals surface area contributed by atoms with E-state index in [1.165, 1.54) is 0 Å². The highest BCUT2D eigenvalue weighted by atomic mass is 16.5. The lowest BCUT2D eigenvalue weighted by atomic mass is 10.0. The monoisotopic (exact) mass is 280 g/mol. The number of hydrogen-bond donors (Lipinski definition) is 0. The first-order valence-electron chi connectivity index (χ1n) is 7.11. The van der Waals surface area contributed by atoms with E-state index in [9.17, 15) is 4.79 Å². The van der Waals surface area contributed by atoms with Gasteiger partial charge in [-0.3, -0.25) is 4.79 Å². The van der Waals surface area contributed by atoms with Crippen LogP contribution in [0.5, 0.6) is 5.75 Å². The molecule has 0 N–H and O–H groups in total. The Kier molecular flexibility index (Phi) is 7.92. The van der Waals surface area contributed by atoms with Gasteiger partial charge in [0, 0.05) is 13.7 Å². The lowest BCUT2D eigenvalue weighted by Crippen LogP contribution is -2.25. The molecule has 4 nitrogen and oxygen atoms in total. The third-order valence-electron chi connectivity index (χ3n) is 2.91. The standard InChI is InChI=1S/C16H24O4/c1-4-8-15(19-5-2)16(17)13-9-6-7-10-14(13)20-12-11-18-3/h6-7,9-10,15H,4-5,8,11-12H2,1-3H3. The van der Waals surface area contributed by atoms with E-state index in [1.54, 1.807) is 19.2 Å². The Morgan fingerprint density at radius 2 is 1.95 bits per heavy atom. The van der Waals surface area contributed by atoms with Crippen molar-refractivity contribution >= 4 is 5.78 Å². The number of methoxy groups -OCH3 is 1. The normalized spacial score (nSPS) is 12.2. The van der Waals surface area contributed by atoms with Crippen LogP contribution < -0.4 is 4.74 Å². The topological polar surface area (TPSA) is 44.8 Å². The summed E-state index contributed by atoms with van der Waals surface area (Å²) in [4.78, 5) is 12.5. The van der Waals surface area contributed by atoms with Crippen LogP contribution in [-0.4, -0.2) is 38.8 Å². The second-order valence-electron chi connectivity index (χ2n) is 4.43. The van der Waals surface area contributed by atoms with Crippen molar-refractivity contribution in [3.8, 4) is 5.75 Å². The van der Waals surface area contributed by atoms with Crippen LogP contribution in [0.1, 0.15) is 37.0 Å². The van der Waals surface area contributed by atoms with Crippen molar-refractivity contribution in [1.29, 1.82) is 0 Å². The molecule has 1 unspecified atom stereocenters. The Labute approximate surface area is 121 Å². The molecule has 0 aliphatic carbocycles. The second kappa shape index (κ2) is 9.50. The van der Waals surface area contributed by atoms with E-state index in [-0.39, 0.29) is 5.78 Å². The molecule has 0 aliphatic heterocycles. The number of carbonyl (C=O) groups excluding carboxylic acids is 1. The zero-order chi connectivity index (χ0) is 14.8. The van der Waals surface area contributed by atoms with Crippen LogP contribution >= 0.6 is 0 Å². The molecule has 1 rings (SSSR count). The van der Waals surface area contributed by atoms with Gasteiger partial charge < -0.3 is 14.2 Å². The van der Waals surface area contributed by atoms with Crippen molar-refractivity contribution in [3.63, 3.8) is 0 Å². The summed E-state index contributed by atoms with van der Waals surface area (Å²) < 4.78 is 16.1. The van der Waals surface area contributed by atoms with Gasteiger partial charge in [-0.2, -0.15) is 0 Å². The first-order chi connectivity index (χ1) is 9.74. The molecular formula is C16H24O4. The number of para-hydroxylation sites is 1. The zero-order valence-electron chi connectivity index (χ0n) is 12.6. The first kappa shape index (κ1) is 16.7. The summed E-state index contributed by atoms with van der Waals surface area (Å²) in [6.45, 7) is 5.39. The Bertz CT molecular complexity index is 397. The van der Waals surface area contributed by atoms with Gasteiger partial charge in [-0.25, -0.2) is 0 Å². The summed E-state index contributed by atoms with van der Waals surface area (Å²) in [5.74, 6) is 0.581. The van der Waals surface area contributed by atoms with Crippen LogP contribution in [0.2, 0.25) is 0 Å². The third kappa shape index (κ3) is 4.94. The molecule has 0 saturated heterocycles. The zero-order valence-corrected chi connectivity index (χ0v) is 12.6. The number of rotatable bonds is 10. The van der Waals surface area contributed by atoms with E-state index in [0.29, 0.717) is 31.1 Å². The van der Waals surface area contributed by atoms with E-state index in [4.69, 9.17) is 14.2 Å². The summed E-state index contributed by atoms with van der Waals surface area (Å²) in [5, 5.41) is 0. The Morgan fingerprint density at radius 1 is 1.20 bits per heavy atom. The molecular weight excluding hydrogens is 256 g/mol. The third-order valence-corrected chi connectivity index (χ3v) is 2.91. The quantitative estimate of drug-likeness (QED) is 0.488. The van der Waals surface area contributed by atoms with Crippen molar-refractivity contribution < 1.29 is 19.0 Å². The molecule has 4 heteroatoms. The maximum Gasteiger partial charge on any atom is 0.195 e. The molecule has 0 radical (unpaired) electrons. The van der Waals surface area contributed by atoms with Crippen molar-refractivity contribution in [3.05, 3.63) is 29.8 Å². The van der Waals surface area contributed by atoms with Gasteiger partial charge in [0.1, 0.15) is 18.5 Å². The van der Waals surface area contributed by atoms with Crippen molar-refractivity contribution in [2.24, 2.45) is 0 Å². The number of ketones is 1. The van der Waals surface area contributed by atoms with Crippen LogP contribution in [-0.2, 0) is 9.47 Å². The van der Waals surface area contributed by atoms with Crippen molar-refractivity contribution in [1.82, 2.24) is 0 Å². The van der Waals surface area contributed by atoms with Gasteiger partial charge >= 0.3 is 0 Å². The predicted molar refractivity (Wildman–Crippen MR) is 78.5 cm³/mol. The molecule has 20 heavy (non-hydrogen) atoms. The van der Waals surface area contributed by atoms with Gasteiger partial charge in [0.15, 0.2) is 5.78 Å². The molecule has 1 atom stereocenters. The summed E-state index contributed by atoms with van der Waals surface area (Å²) in [7, 11) is 1.62. The molecule has 0 heterocycles. The van der Waals surface area contributed by atoms with Crippen LogP contribution in [0.4, 0.5) is 0 Å². The smallest absolute Gasteiger partial charge is 0.195 e. The highest BCUT2D eigenvalue weighted by Crippen LogP contribution is 2.22. The van der Waals surface area contributed by atoms with Crippen LogP contribution in [0.25, 0.3) is 0 Å². The van der Waals surface area contributed by atoms with Crippen LogP contribution in [0.3, 0.4) is 0 Å². The van der Waals surface area contributed by atoms with Crippen molar-refractivity contribution in [2.45, 2.75) is 32.8 Å². The SMILES string of the molecule is CCCC(OCC)C(=O)c1ccccc1OCCOC. The fourth-order valence-electron chi connectivity index (χ4n) is 1.96. The number of carbonyl (C=O) groups is 1. The fraction of sp³-hybridized carbons (Fsp3) is 0.562. The molecule has 0 saturated carbocycles. The predicted octanol–water partition coefficient (Wildman–Crippen LogP) is 3.10. The van der Waals surface area contributed by atoms with E-state index < -0.39 is 6.10 Å². The first-order valence-corrected chi connectivity index (χ1v) is 7.11. The van der Waals surface area contributed by atoms with Crippen molar-refractivity contribution in [2.75, 3.05) is 26.9 Å². The lowest BCUT2D eigenvalue weighted by molar-refractivity contribution is 0.0419. The summed E-state index contributed by atoms with van der Waals surface area (Å²) in [5.41, 5.74) is 0.579. The largest absolute Gasteiger partial charge is 0.490 e. The van der Waals surface area contributed by atoms with Gasteiger partial charge in [0.25, 0.3) is 0 Å². The maximum atomic E-state index is 12.5. The Morgan fingerprint density at radius 3 is 2.60 bits per heavy atom. The number of benzene rings is 1. The second-order valence-corrected chi connectivity index (χ2v) is 4.43. The molecule has 0 fully saturated rings. The van der Waals surface area contributed by atoms with Gasteiger partial charge in [-0.05, 0) is 25.5 Å². The molecule has 0 aromatic heterocycles. The molecule has 0 spiro atoms. The molecule has 0 bridgehead atoms. The number of hydrogen-bond acceptors (Lipinski definition) is 4. The molecule has 0 aliphatic rings. The minimum atomic E-state index is -0.392. The highest BCUT2D eigenvalue weighted by Gasteiger charge is 2.22. The van der Waals surface area contributed by atoms with Crippen LogP contribution in [0, 0.1) is 0 Å². The van der Waals surface area contributed by atoms with E-state index in [1.807, 2.05) is 26.0 Å². The number of ether oxygens (including phenoxy) is 3. The average molecular weight is 280 g/mol. The van der Waals surface area contributed by atoms with Crippen LogP contribution in [0.15, 0.2) is 24.3 Å². The van der Waals surface area contributed by atoms with Gasteiger partial charge in [0.2, 0.25) is 0 Å². The minimum Gasteiger partial charge on any atom is -0.490 e. The van der Waals surface area contributed by atoms with E-state index in [0.717, 1.165) is 12.8 Å². The Balaban J connectivity index is 2.84. The maximum absolute atomic E-state index is 12.5. The summed E-state index contributed by atoms with van der Waals surface area (Å²) >= 11 is 0. The molecule has 1 aromatic carbocycles.